The lowest BCUT2D eigenvalue weighted by Gasteiger charge is -2.27. The van der Waals surface area contributed by atoms with Gasteiger partial charge in [0.2, 0.25) is 0 Å². The highest BCUT2D eigenvalue weighted by molar-refractivity contribution is 5.05. The summed E-state index contributed by atoms with van der Waals surface area (Å²) >= 11 is 0. The standard InChI is InChI=1S/C15H26/c1-12(2)6-5-7-14(4)15-10-8-13(3)9-11-15/h6,13,15H,4-5,7-11H2,1-3H3. The van der Waals surface area contributed by atoms with E-state index in [-0.39, 0.29) is 0 Å². The van der Waals surface area contributed by atoms with Crippen molar-refractivity contribution < 1.29 is 0 Å². The molecule has 0 bridgehead atoms. The molecule has 1 rings (SSSR count). The molecule has 0 atom stereocenters. The molecule has 0 saturated heterocycles. The number of hydrogen-bond donors (Lipinski definition) is 0. The highest BCUT2D eigenvalue weighted by atomic mass is 14.2. The molecule has 0 heteroatoms. The van der Waals surface area contributed by atoms with E-state index in [4.69, 9.17) is 0 Å². The van der Waals surface area contributed by atoms with Crippen LogP contribution >= 0.6 is 0 Å². The fraction of sp³-hybridized carbons (Fsp3) is 0.733. The molecule has 0 unspecified atom stereocenters. The SMILES string of the molecule is C=C(CCC=C(C)C)C1CCC(C)CC1. The van der Waals surface area contributed by atoms with Crippen LogP contribution in [0.4, 0.5) is 0 Å². The van der Waals surface area contributed by atoms with Crippen molar-refractivity contribution in [1.29, 1.82) is 0 Å². The minimum atomic E-state index is 0.826. The molecule has 1 saturated carbocycles. The Balaban J connectivity index is 2.25. The van der Waals surface area contributed by atoms with E-state index < -0.39 is 0 Å². The van der Waals surface area contributed by atoms with E-state index in [0.717, 1.165) is 11.8 Å². The third kappa shape index (κ3) is 4.68. The summed E-state index contributed by atoms with van der Waals surface area (Å²) in [5, 5.41) is 0. The summed E-state index contributed by atoms with van der Waals surface area (Å²) < 4.78 is 0. The minimum absolute atomic E-state index is 0.826. The van der Waals surface area contributed by atoms with Gasteiger partial charge in [-0.25, -0.2) is 0 Å². The van der Waals surface area contributed by atoms with Gasteiger partial charge in [-0.05, 0) is 51.4 Å². The van der Waals surface area contributed by atoms with E-state index in [0.29, 0.717) is 0 Å². The maximum Gasteiger partial charge on any atom is -0.0206 e. The first kappa shape index (κ1) is 12.5. The fourth-order valence-electron chi connectivity index (χ4n) is 2.42. The summed E-state index contributed by atoms with van der Waals surface area (Å²) in [6.45, 7) is 11.0. The molecule has 1 aliphatic carbocycles. The molecule has 0 nitrogen and oxygen atoms in total. The van der Waals surface area contributed by atoms with Gasteiger partial charge in [0.1, 0.15) is 0 Å². The summed E-state index contributed by atoms with van der Waals surface area (Å²) in [7, 11) is 0. The van der Waals surface area contributed by atoms with Crippen molar-refractivity contribution in [2.24, 2.45) is 11.8 Å². The first-order chi connectivity index (χ1) is 7.09. The van der Waals surface area contributed by atoms with Gasteiger partial charge >= 0.3 is 0 Å². The quantitative estimate of drug-likeness (QED) is 0.560. The first-order valence-electron chi connectivity index (χ1n) is 6.40. The molecular weight excluding hydrogens is 180 g/mol. The van der Waals surface area contributed by atoms with Crippen molar-refractivity contribution in [2.75, 3.05) is 0 Å². The summed E-state index contributed by atoms with van der Waals surface area (Å²) in [6, 6.07) is 0. The number of allylic oxidation sites excluding steroid dienone is 3. The fourth-order valence-corrected chi connectivity index (χ4v) is 2.42. The van der Waals surface area contributed by atoms with E-state index in [1.54, 1.807) is 0 Å². The van der Waals surface area contributed by atoms with Crippen molar-refractivity contribution in [1.82, 2.24) is 0 Å². The summed E-state index contributed by atoms with van der Waals surface area (Å²) in [5.41, 5.74) is 2.93. The van der Waals surface area contributed by atoms with Crippen LogP contribution in [0, 0.1) is 11.8 Å². The van der Waals surface area contributed by atoms with Crippen LogP contribution in [0.5, 0.6) is 0 Å². The lowest BCUT2D eigenvalue weighted by molar-refractivity contribution is 0.316. The van der Waals surface area contributed by atoms with Gasteiger partial charge in [0.25, 0.3) is 0 Å². The first-order valence-corrected chi connectivity index (χ1v) is 6.40. The van der Waals surface area contributed by atoms with Gasteiger partial charge in [-0.3, -0.25) is 0 Å². The molecule has 0 spiro atoms. The Bertz CT molecular complexity index is 222. The molecule has 0 N–H and O–H groups in total. The third-order valence-corrected chi connectivity index (χ3v) is 3.61. The van der Waals surface area contributed by atoms with Gasteiger partial charge in [0.05, 0.1) is 0 Å². The van der Waals surface area contributed by atoms with Crippen LogP contribution < -0.4 is 0 Å². The van der Waals surface area contributed by atoms with Crippen LogP contribution in [0.15, 0.2) is 23.8 Å². The average molecular weight is 206 g/mol. The van der Waals surface area contributed by atoms with Crippen LogP contribution in [-0.2, 0) is 0 Å². The van der Waals surface area contributed by atoms with Gasteiger partial charge in [-0.2, -0.15) is 0 Å². The summed E-state index contributed by atoms with van der Waals surface area (Å²) in [6.07, 6.45) is 10.3. The normalized spacial score (nSPS) is 26.1. The molecule has 0 radical (unpaired) electrons. The van der Waals surface area contributed by atoms with Crippen molar-refractivity contribution >= 4 is 0 Å². The minimum Gasteiger partial charge on any atom is -0.0996 e. The zero-order valence-corrected chi connectivity index (χ0v) is 10.7. The Morgan fingerprint density at radius 2 is 1.80 bits per heavy atom. The molecule has 0 heterocycles. The van der Waals surface area contributed by atoms with Gasteiger partial charge in [-0.1, -0.05) is 43.6 Å². The molecule has 1 fully saturated rings. The van der Waals surface area contributed by atoms with Crippen molar-refractivity contribution in [2.45, 2.75) is 59.3 Å². The van der Waals surface area contributed by atoms with Crippen LogP contribution in [0.25, 0.3) is 0 Å². The summed E-state index contributed by atoms with van der Waals surface area (Å²) in [4.78, 5) is 0. The lowest BCUT2D eigenvalue weighted by Crippen LogP contribution is -2.13. The molecule has 0 amide bonds. The van der Waals surface area contributed by atoms with Crippen LogP contribution in [0.1, 0.15) is 59.3 Å². The predicted molar refractivity (Wildman–Crippen MR) is 68.9 cm³/mol. The zero-order chi connectivity index (χ0) is 11.3. The Hall–Kier alpha value is -0.520. The monoisotopic (exact) mass is 206 g/mol. The highest BCUT2D eigenvalue weighted by Gasteiger charge is 2.19. The molecule has 0 aromatic carbocycles. The van der Waals surface area contributed by atoms with Gasteiger partial charge in [0.15, 0.2) is 0 Å². The molecule has 15 heavy (non-hydrogen) atoms. The van der Waals surface area contributed by atoms with Crippen molar-refractivity contribution in [3.8, 4) is 0 Å². The molecule has 86 valence electrons. The predicted octanol–water partition coefficient (Wildman–Crippen LogP) is 5.12. The van der Waals surface area contributed by atoms with E-state index in [1.165, 1.54) is 49.7 Å². The Labute approximate surface area is 95.5 Å². The topological polar surface area (TPSA) is 0 Å². The van der Waals surface area contributed by atoms with E-state index >= 15 is 0 Å². The molecular formula is C15H26. The molecule has 0 aromatic rings. The highest BCUT2D eigenvalue weighted by Crippen LogP contribution is 2.33. The van der Waals surface area contributed by atoms with Gasteiger partial charge < -0.3 is 0 Å². The molecule has 0 aliphatic heterocycles. The van der Waals surface area contributed by atoms with Crippen LogP contribution in [-0.4, -0.2) is 0 Å². The Morgan fingerprint density at radius 1 is 1.20 bits per heavy atom. The zero-order valence-electron chi connectivity index (χ0n) is 10.7. The maximum absolute atomic E-state index is 4.27. The second-order valence-electron chi connectivity index (χ2n) is 5.44. The smallest absolute Gasteiger partial charge is 0.0206 e. The second kappa shape index (κ2) is 6.15. The van der Waals surface area contributed by atoms with Crippen LogP contribution in [0.3, 0.4) is 0 Å². The third-order valence-electron chi connectivity index (χ3n) is 3.61. The molecule has 0 aromatic heterocycles. The Kier molecular flexibility index (Phi) is 5.14. The van der Waals surface area contributed by atoms with Gasteiger partial charge in [-0.15, -0.1) is 0 Å². The average Bonchev–Trinajstić information content (AvgIpc) is 2.18. The second-order valence-corrected chi connectivity index (χ2v) is 5.44. The van der Waals surface area contributed by atoms with E-state index in [1.807, 2.05) is 0 Å². The number of rotatable bonds is 4. The summed E-state index contributed by atoms with van der Waals surface area (Å²) in [5.74, 6) is 1.78. The van der Waals surface area contributed by atoms with Gasteiger partial charge in [0, 0.05) is 0 Å². The molecule has 1 aliphatic rings. The van der Waals surface area contributed by atoms with E-state index in [2.05, 4.69) is 33.4 Å². The van der Waals surface area contributed by atoms with E-state index in [9.17, 15) is 0 Å². The number of hydrogen-bond acceptors (Lipinski definition) is 0. The largest absolute Gasteiger partial charge is 0.0996 e. The van der Waals surface area contributed by atoms with Crippen molar-refractivity contribution in [3.05, 3.63) is 23.8 Å². The van der Waals surface area contributed by atoms with Crippen LogP contribution in [0.2, 0.25) is 0 Å². The lowest BCUT2D eigenvalue weighted by atomic mass is 9.78. The Morgan fingerprint density at radius 3 is 2.33 bits per heavy atom. The maximum atomic E-state index is 4.27. The van der Waals surface area contributed by atoms with Crippen molar-refractivity contribution in [3.63, 3.8) is 0 Å².